The predicted molar refractivity (Wildman–Crippen MR) is 83.1 cm³/mol. The first kappa shape index (κ1) is 15.7. The van der Waals surface area contributed by atoms with Crippen LogP contribution in [0.4, 0.5) is 0 Å². The molecule has 1 N–H and O–H groups in total. The molecule has 6 heteroatoms. The summed E-state index contributed by atoms with van der Waals surface area (Å²) < 4.78 is 4.08. The molecule has 0 saturated carbocycles. The quantitative estimate of drug-likeness (QED) is 0.807. The summed E-state index contributed by atoms with van der Waals surface area (Å²) in [7, 11) is 1.99. The molecular weight excluding hydrogens is 264 g/mol. The fourth-order valence-electron chi connectivity index (χ4n) is 2.58. The van der Waals surface area contributed by atoms with Gasteiger partial charge in [-0.05, 0) is 32.9 Å². The maximum atomic E-state index is 4.64. The van der Waals surface area contributed by atoms with Crippen LogP contribution in [0.2, 0.25) is 0 Å². The van der Waals surface area contributed by atoms with Crippen molar-refractivity contribution < 1.29 is 0 Å². The Labute approximate surface area is 126 Å². The molecule has 0 spiro atoms. The minimum absolute atomic E-state index is 0.206. The first-order valence-electron chi connectivity index (χ1n) is 7.83. The molecule has 0 aliphatic rings. The highest BCUT2D eigenvalue weighted by Gasteiger charge is 2.19. The normalized spacial score (nSPS) is 12.8. The van der Waals surface area contributed by atoms with Crippen molar-refractivity contribution >= 4 is 0 Å². The van der Waals surface area contributed by atoms with Crippen LogP contribution in [0.25, 0.3) is 0 Å². The smallest absolute Gasteiger partial charge is 0.138 e. The standard InChI is InChI=1S/C15H26N6/c1-5-8-21-15(17-11-18-21)10-13(16-4)14-9-12(6-2)19-20(14)7-3/h9,11,13,16H,5-8,10H2,1-4H3. The number of aryl methyl sites for hydroxylation is 3. The van der Waals surface area contributed by atoms with Crippen LogP contribution in [-0.2, 0) is 25.9 Å². The van der Waals surface area contributed by atoms with E-state index < -0.39 is 0 Å². The number of nitrogens with zero attached hydrogens (tertiary/aromatic N) is 5. The molecule has 0 aromatic carbocycles. The van der Waals surface area contributed by atoms with E-state index >= 15 is 0 Å². The molecule has 6 nitrogen and oxygen atoms in total. The van der Waals surface area contributed by atoms with Gasteiger partial charge in [0.15, 0.2) is 0 Å². The molecule has 1 atom stereocenters. The van der Waals surface area contributed by atoms with Gasteiger partial charge in [0.1, 0.15) is 12.2 Å². The molecule has 0 fully saturated rings. The highest BCUT2D eigenvalue weighted by Crippen LogP contribution is 2.19. The van der Waals surface area contributed by atoms with Crippen molar-refractivity contribution in [2.24, 2.45) is 0 Å². The van der Waals surface area contributed by atoms with Crippen LogP contribution >= 0.6 is 0 Å². The van der Waals surface area contributed by atoms with E-state index in [-0.39, 0.29) is 6.04 Å². The van der Waals surface area contributed by atoms with Gasteiger partial charge in [-0.3, -0.25) is 9.36 Å². The molecule has 2 heterocycles. The van der Waals surface area contributed by atoms with E-state index in [2.05, 4.69) is 52.0 Å². The molecule has 0 amide bonds. The third-order valence-corrected chi connectivity index (χ3v) is 3.75. The zero-order valence-electron chi connectivity index (χ0n) is 13.5. The summed E-state index contributed by atoms with van der Waals surface area (Å²) in [5, 5.41) is 12.3. The SMILES string of the molecule is CCCn1ncnc1CC(NC)c1cc(CC)nn1CC. The second kappa shape index (κ2) is 7.36. The molecule has 2 rings (SSSR count). The summed E-state index contributed by atoms with van der Waals surface area (Å²) in [5.41, 5.74) is 2.37. The van der Waals surface area contributed by atoms with Gasteiger partial charge in [0.25, 0.3) is 0 Å². The Morgan fingerprint density at radius 3 is 2.67 bits per heavy atom. The van der Waals surface area contributed by atoms with Crippen molar-refractivity contribution in [2.75, 3.05) is 7.05 Å². The second-order valence-corrected chi connectivity index (χ2v) is 5.17. The third-order valence-electron chi connectivity index (χ3n) is 3.75. The molecule has 0 aliphatic carbocycles. The summed E-state index contributed by atoms with van der Waals surface area (Å²) in [5.74, 6) is 1.03. The van der Waals surface area contributed by atoms with Crippen LogP contribution in [-0.4, -0.2) is 31.6 Å². The third kappa shape index (κ3) is 3.50. The van der Waals surface area contributed by atoms with Gasteiger partial charge in [0.2, 0.25) is 0 Å². The summed E-state index contributed by atoms with van der Waals surface area (Å²) in [6.07, 6.45) is 4.49. The van der Waals surface area contributed by atoms with Crippen molar-refractivity contribution in [1.29, 1.82) is 0 Å². The topological polar surface area (TPSA) is 60.6 Å². The maximum Gasteiger partial charge on any atom is 0.138 e. The average Bonchev–Trinajstić information content (AvgIpc) is 3.11. The average molecular weight is 290 g/mol. The molecule has 0 radical (unpaired) electrons. The van der Waals surface area contributed by atoms with Crippen LogP contribution in [0.1, 0.15) is 50.4 Å². The fraction of sp³-hybridized carbons (Fsp3) is 0.667. The molecule has 0 bridgehead atoms. The van der Waals surface area contributed by atoms with Crippen molar-refractivity contribution in [1.82, 2.24) is 29.9 Å². The molecule has 0 saturated heterocycles. The van der Waals surface area contributed by atoms with Crippen LogP contribution in [0.3, 0.4) is 0 Å². The Morgan fingerprint density at radius 1 is 1.24 bits per heavy atom. The van der Waals surface area contributed by atoms with Crippen molar-refractivity contribution in [2.45, 2.75) is 59.2 Å². The summed E-state index contributed by atoms with van der Waals surface area (Å²) in [6.45, 7) is 8.22. The summed E-state index contributed by atoms with van der Waals surface area (Å²) in [6, 6.07) is 2.41. The lowest BCUT2D eigenvalue weighted by Gasteiger charge is -2.17. The number of likely N-dealkylation sites (N-methyl/N-ethyl adjacent to an activating group) is 1. The van der Waals surface area contributed by atoms with Crippen LogP contribution in [0.15, 0.2) is 12.4 Å². The van der Waals surface area contributed by atoms with E-state index in [0.717, 1.165) is 43.9 Å². The lowest BCUT2D eigenvalue weighted by atomic mass is 10.1. The summed E-state index contributed by atoms with van der Waals surface area (Å²) >= 11 is 0. The van der Waals surface area contributed by atoms with Gasteiger partial charge < -0.3 is 5.32 Å². The van der Waals surface area contributed by atoms with E-state index in [1.54, 1.807) is 6.33 Å². The molecule has 1 unspecified atom stereocenters. The minimum Gasteiger partial charge on any atom is -0.311 e. The van der Waals surface area contributed by atoms with Gasteiger partial charge in [-0.1, -0.05) is 13.8 Å². The molecule has 2 aromatic heterocycles. The van der Waals surface area contributed by atoms with Gasteiger partial charge >= 0.3 is 0 Å². The Morgan fingerprint density at radius 2 is 2.05 bits per heavy atom. The van der Waals surface area contributed by atoms with E-state index in [9.17, 15) is 0 Å². The highest BCUT2D eigenvalue weighted by atomic mass is 15.3. The number of hydrogen-bond donors (Lipinski definition) is 1. The van der Waals surface area contributed by atoms with Crippen molar-refractivity contribution in [3.63, 3.8) is 0 Å². The van der Waals surface area contributed by atoms with Crippen LogP contribution in [0, 0.1) is 0 Å². The second-order valence-electron chi connectivity index (χ2n) is 5.17. The Hall–Kier alpha value is -1.69. The van der Waals surface area contributed by atoms with Gasteiger partial charge in [-0.25, -0.2) is 4.98 Å². The van der Waals surface area contributed by atoms with Crippen LogP contribution < -0.4 is 5.32 Å². The number of aromatic nitrogens is 5. The van der Waals surface area contributed by atoms with Gasteiger partial charge in [-0.15, -0.1) is 0 Å². The van der Waals surface area contributed by atoms with Gasteiger partial charge in [0, 0.05) is 19.5 Å². The zero-order chi connectivity index (χ0) is 15.2. The number of rotatable bonds is 8. The van der Waals surface area contributed by atoms with Crippen molar-refractivity contribution in [3.05, 3.63) is 29.6 Å². The highest BCUT2D eigenvalue weighted by molar-refractivity contribution is 5.16. The maximum absolute atomic E-state index is 4.64. The first-order valence-corrected chi connectivity index (χ1v) is 7.83. The van der Waals surface area contributed by atoms with E-state index in [0.29, 0.717) is 0 Å². The molecular formula is C15H26N6. The largest absolute Gasteiger partial charge is 0.311 e. The van der Waals surface area contributed by atoms with Crippen molar-refractivity contribution in [3.8, 4) is 0 Å². The van der Waals surface area contributed by atoms with Crippen LogP contribution in [0.5, 0.6) is 0 Å². The molecule has 2 aromatic rings. The molecule has 116 valence electrons. The minimum atomic E-state index is 0.206. The van der Waals surface area contributed by atoms with E-state index in [4.69, 9.17) is 0 Å². The monoisotopic (exact) mass is 290 g/mol. The van der Waals surface area contributed by atoms with E-state index in [1.807, 2.05) is 11.7 Å². The lowest BCUT2D eigenvalue weighted by Crippen LogP contribution is -2.24. The predicted octanol–water partition coefficient (Wildman–Crippen LogP) is 1.97. The lowest BCUT2D eigenvalue weighted by molar-refractivity contribution is 0.481. The van der Waals surface area contributed by atoms with E-state index in [1.165, 1.54) is 5.69 Å². The number of nitrogens with one attached hydrogen (secondary N) is 1. The Kier molecular flexibility index (Phi) is 5.50. The molecule has 21 heavy (non-hydrogen) atoms. The Bertz CT molecular complexity index is 556. The summed E-state index contributed by atoms with van der Waals surface area (Å²) in [4.78, 5) is 4.41. The fourth-order valence-corrected chi connectivity index (χ4v) is 2.58. The van der Waals surface area contributed by atoms with Gasteiger partial charge in [-0.2, -0.15) is 10.2 Å². The Balaban J connectivity index is 2.23. The first-order chi connectivity index (χ1) is 10.2. The zero-order valence-corrected chi connectivity index (χ0v) is 13.5. The van der Waals surface area contributed by atoms with Gasteiger partial charge in [0.05, 0.1) is 17.4 Å². The molecule has 0 aliphatic heterocycles. The number of hydrogen-bond acceptors (Lipinski definition) is 4.